The zero-order chi connectivity index (χ0) is 14.8. The van der Waals surface area contributed by atoms with E-state index in [-0.39, 0.29) is 17.2 Å². The second kappa shape index (κ2) is 5.44. The molecule has 0 aliphatic heterocycles. The molecule has 0 saturated carbocycles. The summed E-state index contributed by atoms with van der Waals surface area (Å²) < 4.78 is 26.9. The number of nitrogens with zero attached hydrogens (tertiary/aromatic N) is 2. The number of aromatic nitrogens is 2. The number of aryl methyl sites for hydroxylation is 1. The van der Waals surface area contributed by atoms with E-state index in [4.69, 9.17) is 0 Å². The number of halogens is 2. The van der Waals surface area contributed by atoms with E-state index in [9.17, 15) is 8.78 Å². The van der Waals surface area contributed by atoms with E-state index in [1.165, 1.54) is 18.5 Å². The summed E-state index contributed by atoms with van der Waals surface area (Å²) in [5.41, 5.74) is 1.80. The van der Waals surface area contributed by atoms with Crippen LogP contribution in [-0.4, -0.2) is 9.97 Å². The highest BCUT2D eigenvalue weighted by Gasteiger charge is 2.07. The van der Waals surface area contributed by atoms with Crippen molar-refractivity contribution in [2.24, 2.45) is 0 Å². The van der Waals surface area contributed by atoms with Crippen molar-refractivity contribution in [1.82, 2.24) is 9.97 Å². The number of hydrogen-bond acceptors (Lipinski definition) is 3. The fourth-order valence-corrected chi connectivity index (χ4v) is 2.19. The molecule has 3 aromatic rings. The Morgan fingerprint density at radius 1 is 1.05 bits per heavy atom. The highest BCUT2D eigenvalue weighted by Crippen LogP contribution is 2.21. The summed E-state index contributed by atoms with van der Waals surface area (Å²) in [7, 11) is 0. The largest absolute Gasteiger partial charge is 0.365 e. The minimum atomic E-state index is -0.379. The number of rotatable bonds is 3. The monoisotopic (exact) mass is 285 g/mol. The van der Waals surface area contributed by atoms with Crippen LogP contribution < -0.4 is 5.32 Å². The Morgan fingerprint density at radius 3 is 2.71 bits per heavy atom. The van der Waals surface area contributed by atoms with Crippen LogP contribution >= 0.6 is 0 Å². The van der Waals surface area contributed by atoms with Gasteiger partial charge in [-0.05, 0) is 36.2 Å². The van der Waals surface area contributed by atoms with Crippen molar-refractivity contribution in [2.75, 3.05) is 5.32 Å². The minimum Gasteiger partial charge on any atom is -0.365 e. The van der Waals surface area contributed by atoms with Crippen LogP contribution in [0.5, 0.6) is 0 Å². The Kier molecular flexibility index (Phi) is 3.48. The van der Waals surface area contributed by atoms with E-state index in [0.717, 1.165) is 5.56 Å². The van der Waals surface area contributed by atoms with E-state index >= 15 is 0 Å². The van der Waals surface area contributed by atoms with Crippen LogP contribution in [0.25, 0.3) is 10.9 Å². The van der Waals surface area contributed by atoms with Gasteiger partial charge in [0.2, 0.25) is 0 Å². The Hall–Kier alpha value is -2.56. The van der Waals surface area contributed by atoms with Gasteiger partial charge in [0.25, 0.3) is 0 Å². The van der Waals surface area contributed by atoms with Crippen LogP contribution in [0, 0.1) is 18.6 Å². The summed E-state index contributed by atoms with van der Waals surface area (Å²) in [4.78, 5) is 8.09. The Morgan fingerprint density at radius 2 is 1.90 bits per heavy atom. The topological polar surface area (TPSA) is 37.8 Å². The molecule has 3 nitrogen and oxygen atoms in total. The molecule has 0 saturated heterocycles. The Labute approximate surface area is 120 Å². The maximum Gasteiger partial charge on any atom is 0.149 e. The Balaban J connectivity index is 1.88. The van der Waals surface area contributed by atoms with E-state index in [2.05, 4.69) is 15.3 Å². The first-order chi connectivity index (χ1) is 10.1. The van der Waals surface area contributed by atoms with Crippen LogP contribution in [0.3, 0.4) is 0 Å². The van der Waals surface area contributed by atoms with Gasteiger partial charge in [0, 0.05) is 11.9 Å². The molecule has 5 heteroatoms. The van der Waals surface area contributed by atoms with Gasteiger partial charge < -0.3 is 5.32 Å². The summed E-state index contributed by atoms with van der Waals surface area (Å²) in [6.07, 6.45) is 1.32. The minimum absolute atomic E-state index is 0.228. The van der Waals surface area contributed by atoms with Crippen LogP contribution in [0.2, 0.25) is 0 Å². The third-order valence-electron chi connectivity index (χ3n) is 3.30. The van der Waals surface area contributed by atoms with Crippen molar-refractivity contribution >= 4 is 16.7 Å². The lowest BCUT2D eigenvalue weighted by Crippen LogP contribution is -2.03. The van der Waals surface area contributed by atoms with E-state index in [1.807, 2.05) is 0 Å². The molecule has 0 fully saturated rings. The van der Waals surface area contributed by atoms with Crippen molar-refractivity contribution in [3.63, 3.8) is 0 Å². The second-order valence-corrected chi connectivity index (χ2v) is 4.80. The second-order valence-electron chi connectivity index (χ2n) is 4.80. The van der Waals surface area contributed by atoms with Gasteiger partial charge in [-0.3, -0.25) is 0 Å². The van der Waals surface area contributed by atoms with Crippen molar-refractivity contribution in [3.05, 3.63) is 65.5 Å². The first-order valence-corrected chi connectivity index (χ1v) is 6.53. The number of fused-ring (bicyclic) bond motifs is 1. The smallest absolute Gasteiger partial charge is 0.149 e. The number of hydrogen-bond donors (Lipinski definition) is 1. The molecule has 0 atom stereocenters. The normalized spacial score (nSPS) is 10.8. The number of benzene rings is 2. The molecule has 1 N–H and O–H groups in total. The quantitative estimate of drug-likeness (QED) is 0.794. The molecule has 0 aliphatic rings. The van der Waals surface area contributed by atoms with Gasteiger partial charge in [-0.2, -0.15) is 0 Å². The molecule has 0 bridgehead atoms. The van der Waals surface area contributed by atoms with E-state index in [1.54, 1.807) is 31.2 Å². The number of anilines is 1. The SMILES string of the molecule is Cc1cc(CNc2ncnc3c(F)cccc23)ccc1F. The molecule has 0 unspecified atom stereocenters. The zero-order valence-corrected chi connectivity index (χ0v) is 11.4. The maximum absolute atomic E-state index is 13.7. The molecule has 2 aromatic carbocycles. The molecule has 3 rings (SSSR count). The highest BCUT2D eigenvalue weighted by atomic mass is 19.1. The summed E-state index contributed by atoms with van der Waals surface area (Å²) in [5.74, 6) is -0.0506. The lowest BCUT2D eigenvalue weighted by Gasteiger charge is -2.09. The Bertz CT molecular complexity index is 803. The van der Waals surface area contributed by atoms with Crippen molar-refractivity contribution in [2.45, 2.75) is 13.5 Å². The van der Waals surface area contributed by atoms with Gasteiger partial charge >= 0.3 is 0 Å². The molecule has 0 radical (unpaired) electrons. The summed E-state index contributed by atoms with van der Waals surface area (Å²) in [6, 6.07) is 9.66. The predicted octanol–water partition coefficient (Wildman–Crippen LogP) is 3.83. The lowest BCUT2D eigenvalue weighted by molar-refractivity contribution is 0.617. The number of para-hydroxylation sites is 1. The van der Waals surface area contributed by atoms with Gasteiger partial charge in [0.05, 0.1) is 0 Å². The standard InChI is InChI=1S/C16H13F2N3/c1-10-7-11(5-6-13(10)17)8-19-16-12-3-2-4-14(18)15(12)20-9-21-16/h2-7,9H,8H2,1H3,(H,19,20,21). The summed E-state index contributed by atoms with van der Waals surface area (Å²) in [5, 5.41) is 3.76. The fraction of sp³-hybridized carbons (Fsp3) is 0.125. The van der Waals surface area contributed by atoms with Crippen LogP contribution in [0.4, 0.5) is 14.6 Å². The van der Waals surface area contributed by atoms with E-state index in [0.29, 0.717) is 23.3 Å². The van der Waals surface area contributed by atoms with Crippen molar-refractivity contribution < 1.29 is 8.78 Å². The average Bonchev–Trinajstić information content (AvgIpc) is 2.49. The lowest BCUT2D eigenvalue weighted by atomic mass is 10.1. The molecule has 0 aliphatic carbocycles. The van der Waals surface area contributed by atoms with Gasteiger partial charge in [-0.15, -0.1) is 0 Å². The first-order valence-electron chi connectivity index (χ1n) is 6.53. The van der Waals surface area contributed by atoms with Gasteiger partial charge in [-0.1, -0.05) is 18.2 Å². The summed E-state index contributed by atoms with van der Waals surface area (Å²) >= 11 is 0. The van der Waals surface area contributed by atoms with Crippen molar-refractivity contribution in [1.29, 1.82) is 0 Å². The molecule has 21 heavy (non-hydrogen) atoms. The molecule has 1 heterocycles. The molecule has 0 spiro atoms. The van der Waals surface area contributed by atoms with Crippen molar-refractivity contribution in [3.8, 4) is 0 Å². The van der Waals surface area contributed by atoms with Gasteiger partial charge in [0.1, 0.15) is 29.3 Å². The molecule has 1 aromatic heterocycles. The fourth-order valence-electron chi connectivity index (χ4n) is 2.19. The molecular weight excluding hydrogens is 272 g/mol. The predicted molar refractivity (Wildman–Crippen MR) is 78.0 cm³/mol. The first kappa shape index (κ1) is 13.4. The van der Waals surface area contributed by atoms with E-state index < -0.39 is 0 Å². The maximum atomic E-state index is 13.7. The van der Waals surface area contributed by atoms with Crippen LogP contribution in [-0.2, 0) is 6.54 Å². The summed E-state index contributed by atoms with van der Waals surface area (Å²) in [6.45, 7) is 2.19. The molecular formula is C16H13F2N3. The van der Waals surface area contributed by atoms with Gasteiger partial charge in [-0.25, -0.2) is 18.7 Å². The third-order valence-corrected chi connectivity index (χ3v) is 3.30. The zero-order valence-electron chi connectivity index (χ0n) is 11.4. The van der Waals surface area contributed by atoms with Crippen LogP contribution in [0.1, 0.15) is 11.1 Å². The number of nitrogens with one attached hydrogen (secondary N) is 1. The third kappa shape index (κ3) is 2.67. The van der Waals surface area contributed by atoms with Crippen LogP contribution in [0.15, 0.2) is 42.7 Å². The average molecular weight is 285 g/mol. The highest BCUT2D eigenvalue weighted by molar-refractivity contribution is 5.89. The molecule has 106 valence electrons. The van der Waals surface area contributed by atoms with Gasteiger partial charge in [0.15, 0.2) is 0 Å². The molecule has 0 amide bonds.